The van der Waals surface area contributed by atoms with Gasteiger partial charge in [-0.1, -0.05) is 23.7 Å². The fourth-order valence-corrected chi connectivity index (χ4v) is 2.69. The van der Waals surface area contributed by atoms with Crippen LogP contribution in [0.1, 0.15) is 16.1 Å². The summed E-state index contributed by atoms with van der Waals surface area (Å²) in [5, 5.41) is 8.28. The van der Waals surface area contributed by atoms with Gasteiger partial charge in [-0.05, 0) is 42.0 Å². The molecule has 0 saturated carbocycles. The van der Waals surface area contributed by atoms with Crippen LogP contribution in [-0.4, -0.2) is 20.7 Å². The molecule has 2 aromatic heterocycles. The number of benzene rings is 2. The molecule has 0 bridgehead atoms. The number of hydrogen-bond acceptors (Lipinski definition) is 4. The van der Waals surface area contributed by atoms with Crippen LogP contribution in [0, 0.1) is 0 Å². The Morgan fingerprint density at radius 1 is 1.16 bits per heavy atom. The van der Waals surface area contributed by atoms with Gasteiger partial charge in [0.05, 0.1) is 6.54 Å². The van der Waals surface area contributed by atoms with Crippen LogP contribution in [0.3, 0.4) is 0 Å². The summed E-state index contributed by atoms with van der Waals surface area (Å²) in [5.74, 6) is -0.0692. The standard InChI is InChI=1S/C18H13ClN4O2/c19-14-3-6-16-13(7-14)8-17(25-16)18(24)22-15-4-1-12(2-5-15)9-23-11-20-10-21-23/h1-8,10-11H,9H2,(H,22,24). The molecule has 0 spiro atoms. The quantitative estimate of drug-likeness (QED) is 0.603. The van der Waals surface area contributed by atoms with E-state index in [4.69, 9.17) is 16.0 Å². The Morgan fingerprint density at radius 2 is 2.00 bits per heavy atom. The molecule has 25 heavy (non-hydrogen) atoms. The smallest absolute Gasteiger partial charge is 0.291 e. The molecule has 0 saturated heterocycles. The molecule has 1 amide bonds. The van der Waals surface area contributed by atoms with Gasteiger partial charge in [0.25, 0.3) is 5.91 Å². The van der Waals surface area contributed by atoms with Crippen molar-refractivity contribution in [2.75, 3.05) is 5.32 Å². The predicted molar refractivity (Wildman–Crippen MR) is 94.7 cm³/mol. The van der Waals surface area contributed by atoms with E-state index in [1.54, 1.807) is 35.3 Å². The van der Waals surface area contributed by atoms with Crippen LogP contribution in [0.4, 0.5) is 5.69 Å². The van der Waals surface area contributed by atoms with Crippen molar-refractivity contribution >= 4 is 34.2 Å². The van der Waals surface area contributed by atoms with Crippen LogP contribution < -0.4 is 5.32 Å². The Hall–Kier alpha value is -3.12. The lowest BCUT2D eigenvalue weighted by Gasteiger charge is -2.05. The lowest BCUT2D eigenvalue weighted by Crippen LogP contribution is -2.10. The molecule has 4 aromatic rings. The molecule has 2 aromatic carbocycles. The highest BCUT2D eigenvalue weighted by Gasteiger charge is 2.13. The number of amides is 1. The van der Waals surface area contributed by atoms with Gasteiger partial charge in [0, 0.05) is 16.1 Å². The molecule has 4 rings (SSSR count). The molecule has 2 heterocycles. The summed E-state index contributed by atoms with van der Waals surface area (Å²) < 4.78 is 7.29. The third-order valence-electron chi connectivity index (χ3n) is 3.73. The SMILES string of the molecule is O=C(Nc1ccc(Cn2cncn2)cc1)c1cc2cc(Cl)ccc2o1. The zero-order valence-electron chi connectivity index (χ0n) is 13.0. The first-order valence-electron chi connectivity index (χ1n) is 7.59. The van der Waals surface area contributed by atoms with Crippen molar-refractivity contribution in [1.82, 2.24) is 14.8 Å². The number of aromatic nitrogens is 3. The van der Waals surface area contributed by atoms with E-state index in [1.807, 2.05) is 24.3 Å². The normalized spacial score (nSPS) is 10.9. The van der Waals surface area contributed by atoms with Crippen molar-refractivity contribution < 1.29 is 9.21 Å². The van der Waals surface area contributed by atoms with Crippen LogP contribution in [0.5, 0.6) is 0 Å². The highest BCUT2D eigenvalue weighted by molar-refractivity contribution is 6.31. The fraction of sp³-hybridized carbons (Fsp3) is 0.0556. The number of furan rings is 1. The number of nitrogens with one attached hydrogen (secondary N) is 1. The van der Waals surface area contributed by atoms with Gasteiger partial charge >= 0.3 is 0 Å². The second-order valence-corrected chi connectivity index (χ2v) is 5.97. The van der Waals surface area contributed by atoms with E-state index in [1.165, 1.54) is 6.33 Å². The van der Waals surface area contributed by atoms with Gasteiger partial charge in [-0.15, -0.1) is 0 Å². The molecule has 1 N–H and O–H groups in total. The number of carbonyl (C=O) groups is 1. The molecule has 0 aliphatic carbocycles. The summed E-state index contributed by atoms with van der Waals surface area (Å²) in [4.78, 5) is 16.3. The minimum atomic E-state index is -0.309. The van der Waals surface area contributed by atoms with E-state index in [9.17, 15) is 4.79 Å². The average Bonchev–Trinajstić information content (AvgIpc) is 3.25. The molecule has 0 aliphatic heterocycles. The summed E-state index contributed by atoms with van der Waals surface area (Å²) in [6, 6.07) is 14.4. The number of halogens is 1. The van der Waals surface area contributed by atoms with Crippen molar-refractivity contribution in [2.45, 2.75) is 6.54 Å². The minimum absolute atomic E-state index is 0.240. The summed E-state index contributed by atoms with van der Waals surface area (Å²) in [5.41, 5.74) is 2.37. The van der Waals surface area contributed by atoms with Gasteiger partial charge in [0.1, 0.15) is 18.2 Å². The maximum atomic E-state index is 12.3. The van der Waals surface area contributed by atoms with Gasteiger partial charge in [-0.25, -0.2) is 9.67 Å². The van der Waals surface area contributed by atoms with Crippen molar-refractivity contribution in [3.63, 3.8) is 0 Å². The predicted octanol–water partition coefficient (Wildman–Crippen LogP) is 3.98. The van der Waals surface area contributed by atoms with Gasteiger partial charge in [-0.2, -0.15) is 5.10 Å². The molecule has 0 atom stereocenters. The fourth-order valence-electron chi connectivity index (χ4n) is 2.51. The van der Waals surface area contributed by atoms with Gasteiger partial charge < -0.3 is 9.73 Å². The number of anilines is 1. The van der Waals surface area contributed by atoms with Crippen LogP contribution in [0.15, 0.2) is 65.6 Å². The van der Waals surface area contributed by atoms with Crippen molar-refractivity contribution in [2.24, 2.45) is 0 Å². The molecule has 0 unspecified atom stereocenters. The molecular formula is C18H13ClN4O2. The average molecular weight is 353 g/mol. The summed E-state index contributed by atoms with van der Waals surface area (Å²) in [6.45, 7) is 0.624. The van der Waals surface area contributed by atoms with Crippen LogP contribution in [0.2, 0.25) is 5.02 Å². The molecule has 6 nitrogen and oxygen atoms in total. The second-order valence-electron chi connectivity index (χ2n) is 5.54. The number of fused-ring (bicyclic) bond motifs is 1. The Labute approximate surface area is 148 Å². The van der Waals surface area contributed by atoms with Gasteiger partial charge in [0.15, 0.2) is 5.76 Å². The highest BCUT2D eigenvalue weighted by atomic mass is 35.5. The Morgan fingerprint density at radius 3 is 2.76 bits per heavy atom. The van der Waals surface area contributed by atoms with Gasteiger partial charge in [0.2, 0.25) is 0 Å². The Bertz CT molecular complexity index is 1020. The molecule has 124 valence electrons. The Balaban J connectivity index is 1.47. The van der Waals surface area contributed by atoms with Crippen molar-refractivity contribution in [3.05, 3.63) is 77.5 Å². The maximum Gasteiger partial charge on any atom is 0.291 e. The zero-order chi connectivity index (χ0) is 17.2. The first-order chi connectivity index (χ1) is 12.2. The topological polar surface area (TPSA) is 73.0 Å². The van der Waals surface area contributed by atoms with Crippen LogP contribution in [0.25, 0.3) is 11.0 Å². The molecule has 0 aliphatic rings. The first-order valence-corrected chi connectivity index (χ1v) is 7.97. The molecular weight excluding hydrogens is 340 g/mol. The van der Waals surface area contributed by atoms with Crippen LogP contribution >= 0.6 is 11.6 Å². The van der Waals surface area contributed by atoms with Gasteiger partial charge in [-0.3, -0.25) is 4.79 Å². The number of carbonyl (C=O) groups excluding carboxylic acids is 1. The molecule has 0 fully saturated rings. The second kappa shape index (κ2) is 6.41. The van der Waals surface area contributed by atoms with E-state index in [0.29, 0.717) is 22.8 Å². The largest absolute Gasteiger partial charge is 0.451 e. The third kappa shape index (κ3) is 3.39. The first kappa shape index (κ1) is 15.4. The highest BCUT2D eigenvalue weighted by Crippen LogP contribution is 2.23. The lowest BCUT2D eigenvalue weighted by molar-refractivity contribution is 0.0998. The summed E-state index contributed by atoms with van der Waals surface area (Å²) >= 11 is 5.95. The lowest BCUT2D eigenvalue weighted by atomic mass is 10.2. The zero-order valence-corrected chi connectivity index (χ0v) is 13.8. The number of nitrogens with zero attached hydrogens (tertiary/aromatic N) is 3. The maximum absolute atomic E-state index is 12.3. The van der Waals surface area contributed by atoms with Crippen molar-refractivity contribution in [3.8, 4) is 0 Å². The minimum Gasteiger partial charge on any atom is -0.451 e. The van der Waals surface area contributed by atoms with Crippen LogP contribution in [-0.2, 0) is 6.54 Å². The van der Waals surface area contributed by atoms with E-state index in [0.717, 1.165) is 10.9 Å². The number of rotatable bonds is 4. The summed E-state index contributed by atoms with van der Waals surface area (Å²) in [6.07, 6.45) is 3.15. The van der Waals surface area contributed by atoms with E-state index in [2.05, 4.69) is 15.4 Å². The third-order valence-corrected chi connectivity index (χ3v) is 3.96. The van der Waals surface area contributed by atoms with Crippen molar-refractivity contribution in [1.29, 1.82) is 0 Å². The Kier molecular flexibility index (Phi) is 3.95. The molecule has 7 heteroatoms. The van der Waals surface area contributed by atoms with E-state index in [-0.39, 0.29) is 11.7 Å². The van der Waals surface area contributed by atoms with E-state index < -0.39 is 0 Å². The summed E-state index contributed by atoms with van der Waals surface area (Å²) in [7, 11) is 0. The monoisotopic (exact) mass is 352 g/mol. The number of hydrogen-bond donors (Lipinski definition) is 1. The van der Waals surface area contributed by atoms with E-state index >= 15 is 0 Å². The molecule has 0 radical (unpaired) electrons.